The maximum Gasteiger partial charge on any atom is 0.0328 e. The van der Waals surface area contributed by atoms with E-state index in [1.165, 1.54) is 60.8 Å². The van der Waals surface area contributed by atoms with Gasteiger partial charge in [0.2, 0.25) is 0 Å². The summed E-state index contributed by atoms with van der Waals surface area (Å²) in [6, 6.07) is 8.81. The molecule has 0 unspecified atom stereocenters. The fraction of sp³-hybridized carbons (Fsp3) is 0.571. The van der Waals surface area contributed by atoms with Crippen LogP contribution >= 0.6 is 11.3 Å². The van der Waals surface area contributed by atoms with Crippen LogP contribution in [-0.2, 0) is 13.1 Å². The van der Waals surface area contributed by atoms with Crippen LogP contribution in [0.1, 0.15) is 34.6 Å². The summed E-state index contributed by atoms with van der Waals surface area (Å²) in [6.45, 7) is 9.53. The lowest BCUT2D eigenvalue weighted by atomic mass is 9.83. The zero-order valence-electron chi connectivity index (χ0n) is 15.2. The molecule has 3 nitrogen and oxygen atoms in total. The van der Waals surface area contributed by atoms with Crippen LogP contribution in [0.15, 0.2) is 36.7 Å². The molecule has 25 heavy (non-hydrogen) atoms. The molecule has 0 saturated carbocycles. The van der Waals surface area contributed by atoms with Gasteiger partial charge in [-0.1, -0.05) is 6.07 Å². The monoisotopic (exact) mass is 355 g/mol. The van der Waals surface area contributed by atoms with Gasteiger partial charge >= 0.3 is 0 Å². The molecule has 134 valence electrons. The van der Waals surface area contributed by atoms with Crippen molar-refractivity contribution in [1.82, 2.24) is 14.8 Å². The van der Waals surface area contributed by atoms with Crippen molar-refractivity contribution in [2.24, 2.45) is 11.8 Å². The molecule has 0 aromatic carbocycles. The molecule has 0 amide bonds. The summed E-state index contributed by atoms with van der Waals surface area (Å²) < 4.78 is 0. The van der Waals surface area contributed by atoms with Crippen LogP contribution in [0.3, 0.4) is 0 Å². The van der Waals surface area contributed by atoms with Crippen LogP contribution in [0.2, 0.25) is 0 Å². The Morgan fingerprint density at radius 2 is 1.80 bits per heavy atom. The van der Waals surface area contributed by atoms with Crippen molar-refractivity contribution in [3.05, 3.63) is 52.0 Å². The molecule has 1 atom stereocenters. The highest BCUT2D eigenvalue weighted by Gasteiger charge is 2.31. The minimum absolute atomic E-state index is 0.918. The number of piperidine rings is 1. The summed E-state index contributed by atoms with van der Waals surface area (Å²) in [4.78, 5) is 12.5. The molecule has 2 aliphatic heterocycles. The zero-order chi connectivity index (χ0) is 17.1. The molecule has 0 N–H and O–H groups in total. The van der Waals surface area contributed by atoms with Gasteiger partial charge in [0.25, 0.3) is 0 Å². The largest absolute Gasteiger partial charge is 0.299 e. The predicted molar refractivity (Wildman–Crippen MR) is 105 cm³/mol. The lowest BCUT2D eigenvalue weighted by Crippen LogP contribution is -2.36. The van der Waals surface area contributed by atoms with Gasteiger partial charge in [0.1, 0.15) is 0 Å². The lowest BCUT2D eigenvalue weighted by Gasteiger charge is -2.34. The molecule has 2 aliphatic rings. The Labute approximate surface area is 155 Å². The number of pyridine rings is 1. The topological polar surface area (TPSA) is 19.4 Å². The minimum atomic E-state index is 0.918. The second kappa shape index (κ2) is 7.98. The Morgan fingerprint density at radius 3 is 2.52 bits per heavy atom. The first-order valence-corrected chi connectivity index (χ1v) is 10.5. The van der Waals surface area contributed by atoms with E-state index in [-0.39, 0.29) is 0 Å². The van der Waals surface area contributed by atoms with Gasteiger partial charge < -0.3 is 0 Å². The van der Waals surface area contributed by atoms with Crippen LogP contribution in [0.4, 0.5) is 0 Å². The quantitative estimate of drug-likeness (QED) is 0.802. The van der Waals surface area contributed by atoms with Crippen molar-refractivity contribution >= 4 is 11.3 Å². The number of aryl methyl sites for hydroxylation is 1. The Hall–Kier alpha value is -1.23. The first-order valence-electron chi connectivity index (χ1n) is 9.65. The number of thiophene rings is 1. The summed E-state index contributed by atoms with van der Waals surface area (Å²) in [5.74, 6) is 1.85. The van der Waals surface area contributed by atoms with Crippen LogP contribution in [0.5, 0.6) is 0 Å². The van der Waals surface area contributed by atoms with Crippen molar-refractivity contribution in [2.45, 2.75) is 39.3 Å². The standard InChI is InChI=1S/C21H29N3S/c1-17-4-5-21(25-17)16-24-12-8-20(15-24)19-6-10-23(11-7-19)14-18-3-2-9-22-13-18/h2-5,9,13,19-20H,6-8,10-12,14-16H2,1H3/t20-/m1/s1. The van der Waals surface area contributed by atoms with Crippen LogP contribution in [0, 0.1) is 18.8 Å². The Kier molecular flexibility index (Phi) is 5.49. The third-order valence-corrected chi connectivity index (χ3v) is 6.90. The summed E-state index contributed by atoms with van der Waals surface area (Å²) in [5.41, 5.74) is 1.35. The van der Waals surface area contributed by atoms with Gasteiger partial charge in [0, 0.05) is 41.8 Å². The number of nitrogens with zero attached hydrogens (tertiary/aromatic N) is 3. The average molecular weight is 356 g/mol. The molecule has 4 rings (SSSR count). The van der Waals surface area contributed by atoms with E-state index in [0.29, 0.717) is 0 Å². The van der Waals surface area contributed by atoms with Crippen LogP contribution in [0.25, 0.3) is 0 Å². The van der Waals surface area contributed by atoms with Gasteiger partial charge in [-0.2, -0.15) is 0 Å². The molecule has 4 heterocycles. The van der Waals surface area contributed by atoms with Crippen molar-refractivity contribution < 1.29 is 0 Å². The maximum absolute atomic E-state index is 4.24. The number of hydrogen-bond donors (Lipinski definition) is 0. The third-order valence-electron chi connectivity index (χ3n) is 5.91. The smallest absolute Gasteiger partial charge is 0.0328 e. The van der Waals surface area contributed by atoms with E-state index in [9.17, 15) is 0 Å². The van der Waals surface area contributed by atoms with Gasteiger partial charge in [-0.05, 0) is 81.4 Å². The molecular formula is C21H29N3S. The minimum Gasteiger partial charge on any atom is -0.299 e. The van der Waals surface area contributed by atoms with Gasteiger partial charge in [0.05, 0.1) is 0 Å². The van der Waals surface area contributed by atoms with Crippen molar-refractivity contribution in [2.75, 3.05) is 26.2 Å². The SMILES string of the molecule is Cc1ccc(CN2CC[C@@H](C3CCN(Cc4cccnc4)CC3)C2)s1. The molecule has 2 aromatic rings. The summed E-state index contributed by atoms with van der Waals surface area (Å²) in [6.07, 6.45) is 8.01. The van der Waals surface area contributed by atoms with Crippen molar-refractivity contribution in [3.63, 3.8) is 0 Å². The zero-order valence-corrected chi connectivity index (χ0v) is 16.0. The third kappa shape index (κ3) is 4.49. The van der Waals surface area contributed by atoms with E-state index in [1.807, 2.05) is 29.8 Å². The molecule has 0 spiro atoms. The van der Waals surface area contributed by atoms with E-state index in [0.717, 1.165) is 24.9 Å². The van der Waals surface area contributed by atoms with Crippen molar-refractivity contribution in [1.29, 1.82) is 0 Å². The Bertz CT molecular complexity index is 661. The number of likely N-dealkylation sites (tertiary alicyclic amines) is 2. The highest BCUT2D eigenvalue weighted by Crippen LogP contribution is 2.33. The summed E-state index contributed by atoms with van der Waals surface area (Å²) in [5, 5.41) is 0. The summed E-state index contributed by atoms with van der Waals surface area (Å²) in [7, 11) is 0. The van der Waals surface area contributed by atoms with Crippen LogP contribution in [-0.4, -0.2) is 41.0 Å². The second-order valence-corrected chi connectivity index (χ2v) is 9.14. The fourth-order valence-corrected chi connectivity index (χ4v) is 5.45. The van der Waals surface area contributed by atoms with E-state index in [2.05, 4.69) is 39.9 Å². The molecule has 2 saturated heterocycles. The number of rotatable bonds is 5. The fourth-order valence-electron chi connectivity index (χ4n) is 4.51. The average Bonchev–Trinajstić information content (AvgIpc) is 3.26. The predicted octanol–water partition coefficient (Wildman–Crippen LogP) is 4.19. The first-order chi connectivity index (χ1) is 12.3. The molecule has 2 aromatic heterocycles. The molecule has 0 aliphatic carbocycles. The molecule has 4 heteroatoms. The highest BCUT2D eigenvalue weighted by atomic mass is 32.1. The molecule has 2 fully saturated rings. The van der Waals surface area contributed by atoms with Gasteiger partial charge in [-0.15, -0.1) is 11.3 Å². The second-order valence-electron chi connectivity index (χ2n) is 7.77. The van der Waals surface area contributed by atoms with Gasteiger partial charge in [-0.25, -0.2) is 0 Å². The van der Waals surface area contributed by atoms with E-state index < -0.39 is 0 Å². The Morgan fingerprint density at radius 1 is 1.00 bits per heavy atom. The first kappa shape index (κ1) is 17.2. The molecule has 0 bridgehead atoms. The van der Waals surface area contributed by atoms with Gasteiger partial charge in [0.15, 0.2) is 0 Å². The Balaban J connectivity index is 1.23. The molecule has 0 radical (unpaired) electrons. The van der Waals surface area contributed by atoms with E-state index in [4.69, 9.17) is 0 Å². The maximum atomic E-state index is 4.24. The lowest BCUT2D eigenvalue weighted by molar-refractivity contribution is 0.141. The summed E-state index contributed by atoms with van der Waals surface area (Å²) >= 11 is 1.96. The normalized spacial score (nSPS) is 23.3. The van der Waals surface area contributed by atoms with Crippen LogP contribution < -0.4 is 0 Å². The number of aromatic nitrogens is 1. The van der Waals surface area contributed by atoms with Gasteiger partial charge in [-0.3, -0.25) is 14.8 Å². The van der Waals surface area contributed by atoms with E-state index in [1.54, 1.807) is 0 Å². The molecular weight excluding hydrogens is 326 g/mol. The van der Waals surface area contributed by atoms with E-state index >= 15 is 0 Å². The van der Waals surface area contributed by atoms with Crippen molar-refractivity contribution in [3.8, 4) is 0 Å². The highest BCUT2D eigenvalue weighted by molar-refractivity contribution is 7.11. The number of hydrogen-bond acceptors (Lipinski definition) is 4.